The molecule has 3 aromatic heterocycles. The van der Waals surface area contributed by atoms with Gasteiger partial charge in [0.2, 0.25) is 0 Å². The van der Waals surface area contributed by atoms with Gasteiger partial charge in [0.25, 0.3) is 0 Å². The molecular weight excluding hydrogens is 629 g/mol. The Labute approximate surface area is 305 Å². The monoisotopic (exact) mass is 665 g/mol. The lowest BCUT2D eigenvalue weighted by molar-refractivity contribution is 1.06. The molecule has 0 bridgehead atoms. The van der Waals surface area contributed by atoms with E-state index in [0.29, 0.717) is 45.2 Å². The number of nitrogens with zero attached hydrogens (tertiary/aromatic N) is 4. The minimum Gasteiger partial charge on any atom is -0.308 e. The number of benzene rings is 7. The van der Waals surface area contributed by atoms with Crippen LogP contribution in [-0.2, 0) is 0 Å². The number of hydrogen-bond donors (Lipinski definition) is 0. The van der Waals surface area contributed by atoms with Crippen LogP contribution in [0.25, 0.3) is 93.0 Å². The van der Waals surface area contributed by atoms with E-state index >= 15 is 0 Å². The van der Waals surface area contributed by atoms with Crippen LogP contribution in [0.5, 0.6) is 0 Å². The van der Waals surface area contributed by atoms with E-state index in [2.05, 4.69) is 24.3 Å². The van der Waals surface area contributed by atoms with Crippen molar-refractivity contribution >= 4 is 53.3 Å². The molecule has 7 aromatic carbocycles. The molecule has 0 N–H and O–H groups in total. The summed E-state index contributed by atoms with van der Waals surface area (Å²) in [5.74, 6) is 1.19. The standard InChI is InChI=1S/C45H28N4S/c1-3-13-29(14-4-1)31-23-25-34-33-17-7-10-20-38(33)49(40(34)27-31)39-21-11-8-19-37(39)45-47-43(30-15-5-2-6-16-30)46-44(48-45)32-24-26-36-35-18-9-12-22-41(35)50-42(36)28-32/h1-28H/i1D,3D,4D,7D,10D,13D,14D,17D,20D. The molecule has 50 heavy (non-hydrogen) atoms. The van der Waals surface area contributed by atoms with Crippen molar-refractivity contribution < 1.29 is 12.3 Å². The summed E-state index contributed by atoms with van der Waals surface area (Å²) in [6.07, 6.45) is 0. The van der Waals surface area contributed by atoms with Crippen molar-refractivity contribution in [2.24, 2.45) is 0 Å². The molecule has 0 saturated heterocycles. The van der Waals surface area contributed by atoms with Crippen LogP contribution in [0, 0.1) is 0 Å². The highest BCUT2D eigenvalue weighted by Gasteiger charge is 2.20. The molecule has 0 aliphatic rings. The van der Waals surface area contributed by atoms with E-state index in [0.717, 1.165) is 21.2 Å². The first-order chi connectivity index (χ1) is 28.5. The molecule has 0 spiro atoms. The van der Waals surface area contributed by atoms with Crippen LogP contribution < -0.4 is 0 Å². The Kier molecular flexibility index (Phi) is 4.84. The van der Waals surface area contributed by atoms with E-state index in [9.17, 15) is 1.37 Å². The minimum absolute atomic E-state index is 0.00670. The van der Waals surface area contributed by atoms with E-state index in [1.807, 2.05) is 72.8 Å². The predicted molar refractivity (Wildman–Crippen MR) is 209 cm³/mol. The number of rotatable bonds is 5. The lowest BCUT2D eigenvalue weighted by Gasteiger charge is -2.15. The van der Waals surface area contributed by atoms with Crippen LogP contribution in [0.4, 0.5) is 0 Å². The molecule has 234 valence electrons. The van der Waals surface area contributed by atoms with Crippen LogP contribution in [-0.4, -0.2) is 19.5 Å². The van der Waals surface area contributed by atoms with Crippen molar-refractivity contribution in [3.05, 3.63) is 170 Å². The maximum Gasteiger partial charge on any atom is 0.166 e. The minimum atomic E-state index is -0.508. The fourth-order valence-electron chi connectivity index (χ4n) is 6.58. The first-order valence-corrected chi connectivity index (χ1v) is 16.8. The first kappa shape index (κ1) is 20.8. The maximum absolute atomic E-state index is 9.21. The smallest absolute Gasteiger partial charge is 0.166 e. The molecular formula is C45H28N4S. The molecule has 10 aromatic rings. The van der Waals surface area contributed by atoms with Gasteiger partial charge in [0, 0.05) is 47.6 Å². The molecule has 0 radical (unpaired) electrons. The summed E-state index contributed by atoms with van der Waals surface area (Å²) in [5, 5.41) is 3.06. The Balaban J connectivity index is 1.26. The van der Waals surface area contributed by atoms with Crippen molar-refractivity contribution in [1.29, 1.82) is 0 Å². The van der Waals surface area contributed by atoms with Gasteiger partial charge in [0.05, 0.1) is 29.1 Å². The average Bonchev–Trinajstić information content (AvgIpc) is 3.82. The number of fused-ring (bicyclic) bond motifs is 6. The van der Waals surface area contributed by atoms with E-state index < -0.39 is 30.2 Å². The van der Waals surface area contributed by atoms with Gasteiger partial charge < -0.3 is 4.57 Å². The molecule has 3 heterocycles. The molecule has 0 aliphatic carbocycles. The van der Waals surface area contributed by atoms with Gasteiger partial charge in [0.1, 0.15) is 0 Å². The Morgan fingerprint density at radius 1 is 0.440 bits per heavy atom. The van der Waals surface area contributed by atoms with Gasteiger partial charge in [-0.2, -0.15) is 0 Å². The molecule has 0 aliphatic heterocycles. The summed E-state index contributed by atoms with van der Waals surface area (Å²) in [5.41, 5.74) is 3.52. The Morgan fingerprint density at radius 2 is 1.12 bits per heavy atom. The maximum atomic E-state index is 9.21. The van der Waals surface area contributed by atoms with Gasteiger partial charge in [-0.3, -0.25) is 0 Å². The number of hydrogen-bond acceptors (Lipinski definition) is 4. The summed E-state index contributed by atoms with van der Waals surface area (Å²) in [6.45, 7) is 0. The van der Waals surface area contributed by atoms with E-state index in [-0.39, 0.29) is 40.6 Å². The van der Waals surface area contributed by atoms with Crippen LogP contribution in [0.15, 0.2) is 170 Å². The lowest BCUT2D eigenvalue weighted by atomic mass is 10.0. The summed E-state index contributed by atoms with van der Waals surface area (Å²) in [7, 11) is 0. The van der Waals surface area contributed by atoms with Gasteiger partial charge in [-0.15, -0.1) is 11.3 Å². The highest BCUT2D eigenvalue weighted by atomic mass is 32.1. The van der Waals surface area contributed by atoms with Crippen LogP contribution >= 0.6 is 11.3 Å². The number of aromatic nitrogens is 4. The van der Waals surface area contributed by atoms with Crippen molar-refractivity contribution in [3.63, 3.8) is 0 Å². The van der Waals surface area contributed by atoms with Gasteiger partial charge in [-0.1, -0.05) is 133 Å². The third-order valence-electron chi connectivity index (χ3n) is 8.88. The van der Waals surface area contributed by atoms with Crippen LogP contribution in [0.1, 0.15) is 12.3 Å². The van der Waals surface area contributed by atoms with E-state index in [1.165, 1.54) is 10.1 Å². The third-order valence-corrected chi connectivity index (χ3v) is 10.0. The zero-order valence-electron chi connectivity index (χ0n) is 35.2. The molecule has 10 rings (SSSR count). The molecule has 0 saturated carbocycles. The molecule has 0 fully saturated rings. The van der Waals surface area contributed by atoms with Crippen molar-refractivity contribution in [2.75, 3.05) is 0 Å². The van der Waals surface area contributed by atoms with E-state index in [4.69, 9.17) is 25.9 Å². The van der Waals surface area contributed by atoms with Gasteiger partial charge in [-0.25, -0.2) is 15.0 Å². The molecule has 4 nitrogen and oxygen atoms in total. The second-order valence-corrected chi connectivity index (χ2v) is 12.9. The first-order valence-electron chi connectivity index (χ1n) is 20.5. The summed E-state index contributed by atoms with van der Waals surface area (Å²) >= 11 is 1.69. The largest absolute Gasteiger partial charge is 0.308 e. The fourth-order valence-corrected chi connectivity index (χ4v) is 7.73. The van der Waals surface area contributed by atoms with Crippen LogP contribution in [0.3, 0.4) is 0 Å². The highest BCUT2D eigenvalue weighted by Crippen LogP contribution is 2.39. The lowest BCUT2D eigenvalue weighted by Crippen LogP contribution is -2.03. The third kappa shape index (κ3) is 4.71. The predicted octanol–water partition coefficient (Wildman–Crippen LogP) is 12.0. The topological polar surface area (TPSA) is 43.6 Å². The summed E-state index contributed by atoms with van der Waals surface area (Å²) in [6, 6.07) is 32.8. The fraction of sp³-hybridized carbons (Fsp3) is 0. The molecule has 0 amide bonds. The van der Waals surface area contributed by atoms with Gasteiger partial charge in [0.15, 0.2) is 17.5 Å². The Bertz CT molecular complexity index is 3370. The second-order valence-electron chi connectivity index (χ2n) is 11.8. The zero-order chi connectivity index (χ0) is 40.9. The normalized spacial score (nSPS) is 14.1. The SMILES string of the molecule is [2H]c1c([2H])c([2H])c(-c2ccc3c4c([2H])c([2H])c([2H])c([2H])c4n(-c4ccccc4-c4nc(-c5ccccc5)nc(-c5ccc6c(c5)sc5ccccc56)n4)c3c2)c([2H])c1[2H]. The average molecular weight is 666 g/mol. The van der Waals surface area contributed by atoms with Gasteiger partial charge >= 0.3 is 0 Å². The van der Waals surface area contributed by atoms with Crippen molar-refractivity contribution in [1.82, 2.24) is 19.5 Å². The zero-order valence-corrected chi connectivity index (χ0v) is 27.0. The second kappa shape index (κ2) is 11.6. The molecule has 0 unspecified atom stereocenters. The number of para-hydroxylation sites is 2. The van der Waals surface area contributed by atoms with Crippen molar-refractivity contribution in [3.8, 4) is 51.0 Å². The Hall–Kier alpha value is -6.43. The summed E-state index contributed by atoms with van der Waals surface area (Å²) < 4.78 is 81.8. The summed E-state index contributed by atoms with van der Waals surface area (Å²) in [4.78, 5) is 15.1. The number of thiophene rings is 1. The van der Waals surface area contributed by atoms with Gasteiger partial charge in [-0.05, 0) is 47.5 Å². The molecule has 5 heteroatoms. The van der Waals surface area contributed by atoms with Crippen LogP contribution in [0.2, 0.25) is 0 Å². The quantitative estimate of drug-likeness (QED) is 0.184. The van der Waals surface area contributed by atoms with E-state index in [1.54, 1.807) is 34.1 Å². The Morgan fingerprint density at radius 3 is 2.02 bits per heavy atom. The highest BCUT2D eigenvalue weighted by molar-refractivity contribution is 7.25. The van der Waals surface area contributed by atoms with Crippen molar-refractivity contribution in [2.45, 2.75) is 0 Å². The molecule has 0 atom stereocenters.